The zero-order valence-corrected chi connectivity index (χ0v) is 11.2. The number of Topliss-reactive ketones (excluding diaryl/α,β-unsaturated/α-hetero) is 1. The molecule has 0 aromatic heterocycles. The highest BCUT2D eigenvalue weighted by atomic mass is 16.7. The van der Waals surface area contributed by atoms with Crippen LogP contribution in [0.1, 0.15) is 23.7 Å². The van der Waals surface area contributed by atoms with Crippen LogP contribution in [0, 0.1) is 5.92 Å². The van der Waals surface area contributed by atoms with E-state index in [1.807, 2.05) is 0 Å². The summed E-state index contributed by atoms with van der Waals surface area (Å²) in [5.74, 6) is 1.13. The Kier molecular flexibility index (Phi) is 2.97. The van der Waals surface area contributed by atoms with Crippen LogP contribution in [0.25, 0.3) is 0 Å². The molecule has 1 unspecified atom stereocenters. The largest absolute Gasteiger partial charge is 0.454 e. The lowest BCUT2D eigenvalue weighted by Gasteiger charge is -2.19. The quantitative estimate of drug-likeness (QED) is 0.625. The van der Waals surface area contributed by atoms with E-state index in [4.69, 9.17) is 9.47 Å². The summed E-state index contributed by atoms with van der Waals surface area (Å²) in [6.07, 6.45) is 2.20. The average Bonchev–Trinajstić information content (AvgIpc) is 3.02. The van der Waals surface area contributed by atoms with Gasteiger partial charge in [-0.2, -0.15) is 0 Å². The third kappa shape index (κ3) is 1.95. The van der Waals surface area contributed by atoms with E-state index in [-0.39, 0.29) is 24.4 Å². The molecule has 1 amide bonds. The Bertz CT molecular complexity index is 608. The second-order valence-electron chi connectivity index (χ2n) is 4.98. The summed E-state index contributed by atoms with van der Waals surface area (Å²) in [5, 5.41) is 0. The molecule has 1 fully saturated rings. The Balaban J connectivity index is 2.06. The van der Waals surface area contributed by atoms with Crippen LogP contribution < -0.4 is 14.4 Å². The van der Waals surface area contributed by atoms with Crippen LogP contribution in [0.2, 0.25) is 0 Å². The maximum Gasteiger partial charge on any atom is 0.231 e. The summed E-state index contributed by atoms with van der Waals surface area (Å²) < 4.78 is 10.6. The molecule has 3 rings (SSSR count). The third-order valence-corrected chi connectivity index (χ3v) is 3.65. The predicted molar refractivity (Wildman–Crippen MR) is 73.2 cm³/mol. The summed E-state index contributed by atoms with van der Waals surface area (Å²) in [4.78, 5) is 25.6. The average molecular weight is 273 g/mol. The highest BCUT2D eigenvalue weighted by molar-refractivity contribution is 6.06. The molecule has 0 saturated carbocycles. The van der Waals surface area contributed by atoms with E-state index >= 15 is 0 Å². The van der Waals surface area contributed by atoms with Crippen LogP contribution in [-0.4, -0.2) is 25.0 Å². The minimum atomic E-state index is -0.104. The van der Waals surface area contributed by atoms with Gasteiger partial charge in [0.1, 0.15) is 0 Å². The van der Waals surface area contributed by atoms with Crippen molar-refractivity contribution >= 4 is 17.4 Å². The van der Waals surface area contributed by atoms with Crippen molar-refractivity contribution in [3.05, 3.63) is 30.4 Å². The van der Waals surface area contributed by atoms with Gasteiger partial charge >= 0.3 is 0 Å². The summed E-state index contributed by atoms with van der Waals surface area (Å²) in [5.41, 5.74) is 1.07. The minimum Gasteiger partial charge on any atom is -0.454 e. The monoisotopic (exact) mass is 273 g/mol. The molecule has 2 aliphatic heterocycles. The maximum absolute atomic E-state index is 12.1. The molecule has 2 heterocycles. The van der Waals surface area contributed by atoms with Gasteiger partial charge in [0.25, 0.3) is 0 Å². The van der Waals surface area contributed by atoms with Gasteiger partial charge in [0.2, 0.25) is 12.7 Å². The van der Waals surface area contributed by atoms with Gasteiger partial charge in [0, 0.05) is 30.5 Å². The van der Waals surface area contributed by atoms with Gasteiger partial charge in [-0.1, -0.05) is 6.08 Å². The van der Waals surface area contributed by atoms with E-state index in [9.17, 15) is 9.59 Å². The molecule has 1 aromatic rings. The van der Waals surface area contributed by atoms with Crippen molar-refractivity contribution in [2.75, 3.05) is 18.2 Å². The molecular weight excluding hydrogens is 258 g/mol. The van der Waals surface area contributed by atoms with Gasteiger partial charge in [-0.3, -0.25) is 9.59 Å². The fourth-order valence-electron chi connectivity index (χ4n) is 2.56. The number of nitrogens with zero attached hydrogens (tertiary/aromatic N) is 1. The van der Waals surface area contributed by atoms with Crippen molar-refractivity contribution in [3.63, 3.8) is 0 Å². The van der Waals surface area contributed by atoms with E-state index in [1.54, 1.807) is 23.1 Å². The minimum absolute atomic E-state index is 0.00346. The van der Waals surface area contributed by atoms with E-state index in [0.29, 0.717) is 35.7 Å². The molecule has 0 spiro atoms. The second kappa shape index (κ2) is 4.67. The number of carbonyl (C=O) groups excluding carboxylic acids is 2. The fraction of sp³-hybridized carbons (Fsp3) is 0.333. The Morgan fingerprint density at radius 2 is 2.10 bits per heavy atom. The van der Waals surface area contributed by atoms with Crippen molar-refractivity contribution in [2.45, 2.75) is 13.3 Å². The van der Waals surface area contributed by atoms with Crippen LogP contribution in [0.4, 0.5) is 5.69 Å². The Morgan fingerprint density at radius 1 is 1.40 bits per heavy atom. The molecule has 5 heteroatoms. The van der Waals surface area contributed by atoms with Gasteiger partial charge < -0.3 is 14.4 Å². The van der Waals surface area contributed by atoms with E-state index in [0.717, 1.165) is 0 Å². The molecule has 0 N–H and O–H groups in total. The van der Waals surface area contributed by atoms with Crippen LogP contribution in [0.5, 0.6) is 11.5 Å². The number of amides is 1. The number of hydrogen-bond acceptors (Lipinski definition) is 4. The molecule has 1 atom stereocenters. The number of ketones is 1. The predicted octanol–water partition coefficient (Wildman–Crippen LogP) is 2.16. The van der Waals surface area contributed by atoms with Crippen molar-refractivity contribution in [2.24, 2.45) is 5.92 Å². The fourth-order valence-corrected chi connectivity index (χ4v) is 2.56. The Hall–Kier alpha value is -2.30. The first-order valence-electron chi connectivity index (χ1n) is 6.47. The molecular formula is C15H15NO4. The molecule has 0 bridgehead atoms. The van der Waals surface area contributed by atoms with E-state index in [1.165, 1.54) is 6.92 Å². The number of anilines is 1. The summed E-state index contributed by atoms with van der Waals surface area (Å²) >= 11 is 0. The van der Waals surface area contributed by atoms with E-state index < -0.39 is 0 Å². The standard InChI is InChI=1S/C15H15NO4/c1-3-10-4-15(18)16(7-10)12-6-14-13(19-8-20-14)5-11(12)9(2)17/h3,5-6,10H,1,4,7-8H2,2H3. The second-order valence-corrected chi connectivity index (χ2v) is 4.98. The maximum atomic E-state index is 12.1. The van der Waals surface area contributed by atoms with Crippen LogP contribution >= 0.6 is 0 Å². The first-order chi connectivity index (χ1) is 9.60. The van der Waals surface area contributed by atoms with Crippen molar-refractivity contribution in [3.8, 4) is 11.5 Å². The molecule has 20 heavy (non-hydrogen) atoms. The molecule has 0 aliphatic carbocycles. The molecule has 5 nitrogen and oxygen atoms in total. The Morgan fingerprint density at radius 3 is 2.70 bits per heavy atom. The first kappa shape index (κ1) is 12.7. The molecule has 104 valence electrons. The molecule has 1 aromatic carbocycles. The third-order valence-electron chi connectivity index (χ3n) is 3.65. The lowest BCUT2D eigenvalue weighted by atomic mass is 10.1. The normalized spacial score (nSPS) is 20.4. The van der Waals surface area contributed by atoms with Gasteiger partial charge in [-0.05, 0) is 13.0 Å². The number of carbonyl (C=O) groups is 2. The van der Waals surface area contributed by atoms with Crippen molar-refractivity contribution < 1.29 is 19.1 Å². The van der Waals surface area contributed by atoms with Gasteiger partial charge in [0.15, 0.2) is 17.3 Å². The topological polar surface area (TPSA) is 55.8 Å². The first-order valence-corrected chi connectivity index (χ1v) is 6.47. The van der Waals surface area contributed by atoms with Gasteiger partial charge in [-0.15, -0.1) is 6.58 Å². The summed E-state index contributed by atoms with van der Waals surface area (Å²) in [6, 6.07) is 3.36. The molecule has 2 aliphatic rings. The van der Waals surface area contributed by atoms with Crippen molar-refractivity contribution in [1.82, 2.24) is 0 Å². The van der Waals surface area contributed by atoms with Crippen LogP contribution in [0.3, 0.4) is 0 Å². The van der Waals surface area contributed by atoms with Crippen molar-refractivity contribution in [1.29, 1.82) is 0 Å². The Labute approximate surface area is 116 Å². The number of ether oxygens (including phenoxy) is 2. The zero-order valence-electron chi connectivity index (χ0n) is 11.2. The van der Waals surface area contributed by atoms with Crippen LogP contribution in [-0.2, 0) is 4.79 Å². The highest BCUT2D eigenvalue weighted by Gasteiger charge is 2.32. The number of benzene rings is 1. The van der Waals surface area contributed by atoms with Gasteiger partial charge in [-0.25, -0.2) is 0 Å². The zero-order chi connectivity index (χ0) is 14.3. The number of fused-ring (bicyclic) bond motifs is 1. The molecule has 1 saturated heterocycles. The van der Waals surface area contributed by atoms with Gasteiger partial charge in [0.05, 0.1) is 5.69 Å². The summed E-state index contributed by atoms with van der Waals surface area (Å²) in [7, 11) is 0. The SMILES string of the molecule is C=CC1CC(=O)N(c2cc3c(cc2C(C)=O)OCO3)C1. The number of rotatable bonds is 3. The smallest absolute Gasteiger partial charge is 0.231 e. The summed E-state index contributed by atoms with van der Waals surface area (Å²) in [6.45, 7) is 5.89. The van der Waals surface area contributed by atoms with Crippen LogP contribution in [0.15, 0.2) is 24.8 Å². The lowest BCUT2D eigenvalue weighted by molar-refractivity contribution is -0.117. The van der Waals surface area contributed by atoms with E-state index in [2.05, 4.69) is 6.58 Å². The number of hydrogen-bond donors (Lipinski definition) is 0. The highest BCUT2D eigenvalue weighted by Crippen LogP contribution is 2.40. The molecule has 0 radical (unpaired) electrons. The lowest BCUT2D eigenvalue weighted by Crippen LogP contribution is -2.26.